The first-order valence-corrected chi connectivity index (χ1v) is 12.4. The molecule has 0 amide bonds. The average Bonchev–Trinajstić information content (AvgIpc) is 3.00. The monoisotopic (exact) mass is 610 g/mol. The highest BCUT2D eigenvalue weighted by atomic mass is 19.4. The molecule has 0 saturated carbocycles. The van der Waals surface area contributed by atoms with Crippen LogP contribution >= 0.6 is 0 Å². The lowest BCUT2D eigenvalue weighted by molar-refractivity contribution is -0.122. The zero-order valence-electron chi connectivity index (χ0n) is 22.4. The van der Waals surface area contributed by atoms with Gasteiger partial charge in [-0.05, 0) is 35.9 Å². The Bertz CT molecular complexity index is 1760. The van der Waals surface area contributed by atoms with Gasteiger partial charge < -0.3 is 14.2 Å². The third-order valence-corrected chi connectivity index (χ3v) is 5.79. The first-order valence-electron chi connectivity index (χ1n) is 12.4. The van der Waals surface area contributed by atoms with Crippen molar-refractivity contribution < 1.29 is 50.5 Å². The van der Waals surface area contributed by atoms with Crippen LogP contribution in [0, 0.1) is 11.6 Å². The van der Waals surface area contributed by atoms with Crippen LogP contribution in [0.3, 0.4) is 0 Å². The molecule has 0 aliphatic rings. The van der Waals surface area contributed by atoms with Gasteiger partial charge in [-0.25, -0.2) is 33.1 Å². The summed E-state index contributed by atoms with van der Waals surface area (Å²) < 4.78 is 83.2. The number of alkyl halides is 3. The van der Waals surface area contributed by atoms with Gasteiger partial charge in [0.1, 0.15) is 12.4 Å². The van der Waals surface area contributed by atoms with Gasteiger partial charge >= 0.3 is 24.1 Å². The smallest absolute Gasteiger partial charge is 0.449 e. The van der Waals surface area contributed by atoms with Crippen molar-refractivity contribution in [2.75, 3.05) is 6.61 Å². The standard InChI is InChI=1S/C31H19F5N2O6/c1-3-13-42-28(39)20-15-37-27(38-16-20)19-9-12-24(23(32)14-19)44-29(40)21-10-11-22(30(41)43-17(2)31(34,35)36)26(33)25(21)18-7-5-4-6-8-18/h3-12,14-16H,1-2,13H2. The van der Waals surface area contributed by atoms with Gasteiger partial charge in [-0.2, -0.15) is 13.2 Å². The Kier molecular flexibility index (Phi) is 9.27. The number of ether oxygens (including phenoxy) is 3. The van der Waals surface area contributed by atoms with Crippen molar-refractivity contribution in [2.45, 2.75) is 6.18 Å². The molecule has 0 bridgehead atoms. The summed E-state index contributed by atoms with van der Waals surface area (Å²) in [7, 11) is 0. The second kappa shape index (κ2) is 13.1. The number of esters is 3. The van der Waals surface area contributed by atoms with Crippen LogP contribution in [-0.4, -0.2) is 40.7 Å². The van der Waals surface area contributed by atoms with Crippen molar-refractivity contribution in [1.82, 2.24) is 9.97 Å². The Balaban J connectivity index is 1.61. The number of aromatic nitrogens is 2. The van der Waals surface area contributed by atoms with E-state index in [1.807, 2.05) is 0 Å². The summed E-state index contributed by atoms with van der Waals surface area (Å²) in [6.07, 6.45) is -1.34. The molecule has 0 fully saturated rings. The molecule has 0 spiro atoms. The van der Waals surface area contributed by atoms with Gasteiger partial charge in [0, 0.05) is 23.5 Å². The van der Waals surface area contributed by atoms with Crippen LogP contribution in [-0.2, 0) is 9.47 Å². The topological polar surface area (TPSA) is 105 Å². The van der Waals surface area contributed by atoms with Crippen LogP contribution in [0.15, 0.2) is 98.1 Å². The zero-order valence-corrected chi connectivity index (χ0v) is 22.4. The molecule has 0 unspecified atom stereocenters. The highest BCUT2D eigenvalue weighted by molar-refractivity contribution is 6.01. The van der Waals surface area contributed by atoms with Crippen molar-refractivity contribution >= 4 is 17.9 Å². The number of nitrogens with zero attached hydrogens (tertiary/aromatic N) is 2. The molecule has 13 heteroatoms. The second-order valence-electron chi connectivity index (χ2n) is 8.74. The first kappa shape index (κ1) is 31.2. The number of allylic oxidation sites excluding steroid dienone is 1. The number of carbonyl (C=O) groups excluding carboxylic acids is 3. The van der Waals surface area contributed by atoms with Gasteiger partial charge in [0.05, 0.1) is 16.7 Å². The van der Waals surface area contributed by atoms with Gasteiger partial charge in [0.2, 0.25) is 5.76 Å². The lowest BCUT2D eigenvalue weighted by atomic mass is 9.96. The summed E-state index contributed by atoms with van der Waals surface area (Å²) in [5, 5.41) is 0. The summed E-state index contributed by atoms with van der Waals surface area (Å²) in [4.78, 5) is 45.4. The molecule has 0 atom stereocenters. The molecule has 1 aromatic heterocycles. The summed E-state index contributed by atoms with van der Waals surface area (Å²) in [5.74, 6) is -8.43. The summed E-state index contributed by atoms with van der Waals surface area (Å²) in [6.45, 7) is 6.04. The molecule has 0 aliphatic carbocycles. The highest BCUT2D eigenvalue weighted by Crippen LogP contribution is 2.33. The maximum Gasteiger partial charge on any atom is 0.449 e. The van der Waals surface area contributed by atoms with E-state index in [1.54, 1.807) is 6.07 Å². The fourth-order valence-corrected chi connectivity index (χ4v) is 3.69. The fourth-order valence-electron chi connectivity index (χ4n) is 3.69. The Morgan fingerprint density at radius 1 is 0.841 bits per heavy atom. The molecule has 0 radical (unpaired) electrons. The number of benzene rings is 3. The van der Waals surface area contributed by atoms with Gasteiger partial charge in [-0.1, -0.05) is 49.6 Å². The molecule has 8 nitrogen and oxygen atoms in total. The lowest BCUT2D eigenvalue weighted by Crippen LogP contribution is -2.19. The molecule has 224 valence electrons. The van der Waals surface area contributed by atoms with Crippen LogP contribution < -0.4 is 4.74 Å². The van der Waals surface area contributed by atoms with E-state index in [1.165, 1.54) is 48.8 Å². The number of halogens is 5. The lowest BCUT2D eigenvalue weighted by Gasteiger charge is -2.15. The quantitative estimate of drug-likeness (QED) is 0.0664. The van der Waals surface area contributed by atoms with Crippen LogP contribution in [0.1, 0.15) is 31.1 Å². The van der Waals surface area contributed by atoms with Crippen molar-refractivity contribution in [3.05, 3.63) is 126 Å². The van der Waals surface area contributed by atoms with Gasteiger partial charge in [-0.3, -0.25) is 0 Å². The SMILES string of the molecule is C=CCOC(=O)c1cnc(-c2ccc(OC(=O)c3ccc(C(=O)OC(=C)C(F)(F)F)c(F)c3-c3ccccc3)c(F)c2)nc1. The van der Waals surface area contributed by atoms with Crippen LogP contribution in [0.25, 0.3) is 22.5 Å². The molecule has 3 aromatic carbocycles. The number of hydrogen-bond acceptors (Lipinski definition) is 8. The molecular formula is C31H19F5N2O6. The average molecular weight is 610 g/mol. The predicted octanol–water partition coefficient (Wildman–Crippen LogP) is 6.88. The Hall–Kier alpha value is -5.72. The summed E-state index contributed by atoms with van der Waals surface area (Å²) in [6, 6.07) is 12.3. The van der Waals surface area contributed by atoms with E-state index >= 15 is 4.39 Å². The van der Waals surface area contributed by atoms with E-state index in [-0.39, 0.29) is 29.1 Å². The molecule has 4 rings (SSSR count). The third-order valence-electron chi connectivity index (χ3n) is 5.79. The number of rotatable bonds is 9. The molecule has 0 aliphatic heterocycles. The van der Waals surface area contributed by atoms with E-state index in [4.69, 9.17) is 9.47 Å². The predicted molar refractivity (Wildman–Crippen MR) is 145 cm³/mol. The normalized spacial score (nSPS) is 10.9. The van der Waals surface area contributed by atoms with Crippen LogP contribution in [0.5, 0.6) is 5.75 Å². The van der Waals surface area contributed by atoms with Crippen LogP contribution in [0.2, 0.25) is 0 Å². The Morgan fingerprint density at radius 3 is 2.11 bits per heavy atom. The molecule has 1 heterocycles. The fraction of sp³-hybridized carbons (Fsp3) is 0.0645. The van der Waals surface area contributed by atoms with Crippen molar-refractivity contribution in [2.24, 2.45) is 0 Å². The number of carbonyl (C=O) groups is 3. The molecule has 44 heavy (non-hydrogen) atoms. The third kappa shape index (κ3) is 7.01. The Morgan fingerprint density at radius 2 is 1.50 bits per heavy atom. The minimum absolute atomic E-state index is 0.0136. The first-order chi connectivity index (χ1) is 20.9. The largest absolute Gasteiger partial charge is 0.458 e. The van der Waals surface area contributed by atoms with E-state index in [0.29, 0.717) is 0 Å². The van der Waals surface area contributed by atoms with Crippen molar-refractivity contribution in [3.63, 3.8) is 0 Å². The number of hydrogen-bond donors (Lipinski definition) is 0. The Labute approximate surface area is 246 Å². The minimum atomic E-state index is -5.08. The van der Waals surface area contributed by atoms with Gasteiger partial charge in [0.15, 0.2) is 17.4 Å². The molecular weight excluding hydrogens is 591 g/mol. The second-order valence-corrected chi connectivity index (χ2v) is 8.74. The summed E-state index contributed by atoms with van der Waals surface area (Å²) in [5.41, 5.74) is -1.61. The van der Waals surface area contributed by atoms with Crippen molar-refractivity contribution in [1.29, 1.82) is 0 Å². The maximum atomic E-state index is 15.6. The van der Waals surface area contributed by atoms with Gasteiger partial charge in [0.25, 0.3) is 0 Å². The van der Waals surface area contributed by atoms with Gasteiger partial charge in [-0.15, -0.1) is 0 Å². The zero-order chi connectivity index (χ0) is 32.0. The summed E-state index contributed by atoms with van der Waals surface area (Å²) >= 11 is 0. The van der Waals surface area contributed by atoms with E-state index in [2.05, 4.69) is 27.9 Å². The van der Waals surface area contributed by atoms with E-state index in [0.717, 1.165) is 24.3 Å². The molecule has 4 aromatic rings. The molecule has 0 saturated heterocycles. The van der Waals surface area contributed by atoms with E-state index in [9.17, 15) is 31.9 Å². The minimum Gasteiger partial charge on any atom is -0.458 e. The maximum absolute atomic E-state index is 15.6. The van der Waals surface area contributed by atoms with Crippen LogP contribution in [0.4, 0.5) is 22.0 Å². The highest BCUT2D eigenvalue weighted by Gasteiger charge is 2.37. The van der Waals surface area contributed by atoms with E-state index < -0.39 is 63.9 Å². The van der Waals surface area contributed by atoms with Crippen molar-refractivity contribution in [3.8, 4) is 28.3 Å². The molecule has 0 N–H and O–H groups in total.